The van der Waals surface area contributed by atoms with Crippen LogP contribution in [-0.4, -0.2) is 19.0 Å². The fraction of sp³-hybridized carbons (Fsp3) is 0.263. The van der Waals surface area contributed by atoms with Crippen molar-refractivity contribution in [2.45, 2.75) is 19.9 Å². The average molecular weight is 342 g/mol. The highest BCUT2D eigenvalue weighted by Gasteiger charge is 2.04. The van der Waals surface area contributed by atoms with Gasteiger partial charge in [-0.3, -0.25) is 0 Å². The third-order valence-corrected chi connectivity index (χ3v) is 3.54. The molecule has 0 spiro atoms. The Kier molecular flexibility index (Phi) is 6.90. The van der Waals surface area contributed by atoms with Crippen molar-refractivity contribution in [3.63, 3.8) is 0 Å². The van der Waals surface area contributed by atoms with Gasteiger partial charge in [-0.25, -0.2) is 13.8 Å². The summed E-state index contributed by atoms with van der Waals surface area (Å²) in [5.41, 5.74) is 1.91. The quantitative estimate of drug-likeness (QED) is 0.626. The van der Waals surface area contributed by atoms with E-state index in [2.05, 4.69) is 21.7 Å². The number of benzene rings is 2. The number of halogens is 2. The number of hydrogen-bond acceptors (Lipinski definition) is 2. The molecule has 2 N–H and O–H groups in total. The van der Waals surface area contributed by atoms with E-state index in [9.17, 15) is 8.78 Å². The number of guanidine groups is 1. The second-order valence-electron chi connectivity index (χ2n) is 5.42. The molecule has 0 bridgehead atoms. The summed E-state index contributed by atoms with van der Waals surface area (Å²) >= 11 is 0. The maximum atomic E-state index is 13.6. The van der Waals surface area contributed by atoms with Crippen LogP contribution in [0.2, 0.25) is 0 Å². The van der Waals surface area contributed by atoms with Crippen LogP contribution in [0.5, 0.6) is 0 Å². The summed E-state index contributed by atoms with van der Waals surface area (Å²) in [7, 11) is 0. The highest BCUT2D eigenvalue weighted by atomic mass is 19.1. The van der Waals surface area contributed by atoms with Crippen molar-refractivity contribution < 1.29 is 8.78 Å². The first-order valence-electron chi connectivity index (χ1n) is 8.07. The minimum atomic E-state index is -0.446. The molecule has 2 rings (SSSR count). The molecule has 0 atom stereocenters. The molecule has 0 heterocycles. The molecule has 0 aliphatic heterocycles. The Morgan fingerprint density at radius 3 is 2.56 bits per heavy atom. The van der Waals surface area contributed by atoms with E-state index in [0.717, 1.165) is 17.7 Å². The largest absolute Gasteiger partial charge is 0.357 e. The molecular formula is C19H20F2N4. The lowest BCUT2D eigenvalue weighted by molar-refractivity contribution is 0.583. The molecule has 0 aliphatic rings. The van der Waals surface area contributed by atoms with Crippen molar-refractivity contribution in [3.05, 3.63) is 70.8 Å². The van der Waals surface area contributed by atoms with Gasteiger partial charge in [-0.1, -0.05) is 12.1 Å². The lowest BCUT2D eigenvalue weighted by Gasteiger charge is -2.11. The van der Waals surface area contributed by atoms with Gasteiger partial charge < -0.3 is 10.6 Å². The summed E-state index contributed by atoms with van der Waals surface area (Å²) in [5, 5.41) is 15.0. The number of hydrogen-bond donors (Lipinski definition) is 2. The van der Waals surface area contributed by atoms with Crippen LogP contribution in [0.1, 0.15) is 23.6 Å². The Morgan fingerprint density at radius 1 is 1.12 bits per heavy atom. The van der Waals surface area contributed by atoms with Crippen LogP contribution in [0.15, 0.2) is 47.5 Å². The van der Waals surface area contributed by atoms with E-state index in [1.807, 2.05) is 19.1 Å². The molecule has 0 saturated heterocycles. The van der Waals surface area contributed by atoms with Gasteiger partial charge in [-0.15, -0.1) is 0 Å². The Morgan fingerprint density at radius 2 is 1.88 bits per heavy atom. The monoisotopic (exact) mass is 342 g/mol. The van der Waals surface area contributed by atoms with Crippen molar-refractivity contribution in [2.75, 3.05) is 13.1 Å². The standard InChI is InChI=1S/C19H20F2N4/c1-2-23-19(25-13-15-5-3-14(12-22)4-6-15)24-10-9-16-11-17(20)7-8-18(16)21/h3-8,11H,2,9-10,13H2,1H3,(H2,23,24,25). The fourth-order valence-corrected chi connectivity index (χ4v) is 2.25. The number of rotatable bonds is 6. The van der Waals surface area contributed by atoms with E-state index < -0.39 is 11.6 Å². The van der Waals surface area contributed by atoms with Gasteiger partial charge in [0.05, 0.1) is 18.2 Å². The molecule has 0 radical (unpaired) electrons. The van der Waals surface area contributed by atoms with Gasteiger partial charge in [0.25, 0.3) is 0 Å². The molecule has 2 aromatic rings. The van der Waals surface area contributed by atoms with Crippen molar-refractivity contribution >= 4 is 5.96 Å². The third kappa shape index (κ3) is 5.88. The van der Waals surface area contributed by atoms with Crippen LogP contribution in [0.3, 0.4) is 0 Å². The molecular weight excluding hydrogens is 322 g/mol. The zero-order valence-electron chi connectivity index (χ0n) is 14.0. The molecule has 4 nitrogen and oxygen atoms in total. The van der Waals surface area contributed by atoms with Crippen molar-refractivity contribution in [1.29, 1.82) is 5.26 Å². The van der Waals surface area contributed by atoms with Crippen molar-refractivity contribution in [2.24, 2.45) is 4.99 Å². The zero-order valence-corrected chi connectivity index (χ0v) is 14.0. The lowest BCUT2D eigenvalue weighted by Crippen LogP contribution is -2.38. The summed E-state index contributed by atoms with van der Waals surface area (Å²) in [6.07, 6.45) is 0.352. The van der Waals surface area contributed by atoms with Crippen LogP contribution in [0, 0.1) is 23.0 Å². The summed E-state index contributed by atoms with van der Waals surface area (Å²) < 4.78 is 26.8. The molecule has 130 valence electrons. The van der Waals surface area contributed by atoms with Crippen molar-refractivity contribution in [1.82, 2.24) is 10.6 Å². The maximum Gasteiger partial charge on any atom is 0.191 e. The van der Waals surface area contributed by atoms with E-state index >= 15 is 0 Å². The Balaban J connectivity index is 1.92. The van der Waals surface area contributed by atoms with Gasteiger partial charge in [0, 0.05) is 13.1 Å². The van der Waals surface area contributed by atoms with Crippen LogP contribution >= 0.6 is 0 Å². The number of nitriles is 1. The predicted molar refractivity (Wildman–Crippen MR) is 94.0 cm³/mol. The topological polar surface area (TPSA) is 60.2 Å². The Labute approximate surface area is 146 Å². The second-order valence-corrected chi connectivity index (χ2v) is 5.42. The molecule has 0 unspecified atom stereocenters. The molecule has 2 aromatic carbocycles. The molecule has 0 aliphatic carbocycles. The number of nitrogens with zero attached hydrogens (tertiary/aromatic N) is 2. The molecule has 0 aromatic heterocycles. The van der Waals surface area contributed by atoms with E-state index in [-0.39, 0.29) is 0 Å². The van der Waals surface area contributed by atoms with Gasteiger partial charge in [-0.05, 0) is 54.8 Å². The number of nitrogens with one attached hydrogen (secondary N) is 2. The van der Waals surface area contributed by atoms with Crippen LogP contribution in [0.25, 0.3) is 0 Å². The average Bonchev–Trinajstić information content (AvgIpc) is 2.63. The molecule has 25 heavy (non-hydrogen) atoms. The Hall–Kier alpha value is -2.94. The van der Waals surface area contributed by atoms with E-state index in [1.165, 1.54) is 6.07 Å². The van der Waals surface area contributed by atoms with E-state index in [1.54, 1.807) is 12.1 Å². The van der Waals surface area contributed by atoms with Crippen LogP contribution in [0.4, 0.5) is 8.78 Å². The first kappa shape index (κ1) is 18.4. The van der Waals surface area contributed by atoms with Crippen LogP contribution < -0.4 is 10.6 Å². The SMILES string of the molecule is CCNC(=NCc1ccc(C#N)cc1)NCCc1cc(F)ccc1F. The highest BCUT2D eigenvalue weighted by Crippen LogP contribution is 2.09. The van der Waals surface area contributed by atoms with Crippen molar-refractivity contribution in [3.8, 4) is 6.07 Å². The molecule has 0 saturated carbocycles. The summed E-state index contributed by atoms with van der Waals surface area (Å²) in [6, 6.07) is 12.7. The minimum Gasteiger partial charge on any atom is -0.357 e. The lowest BCUT2D eigenvalue weighted by atomic mass is 10.1. The maximum absolute atomic E-state index is 13.6. The van der Waals surface area contributed by atoms with E-state index in [4.69, 9.17) is 5.26 Å². The van der Waals surface area contributed by atoms with Gasteiger partial charge in [0.2, 0.25) is 0 Å². The third-order valence-electron chi connectivity index (χ3n) is 3.54. The van der Waals surface area contributed by atoms with Gasteiger partial charge >= 0.3 is 0 Å². The normalized spacial score (nSPS) is 11.0. The zero-order chi connectivity index (χ0) is 18.1. The summed E-state index contributed by atoms with van der Waals surface area (Å²) in [6.45, 7) is 3.52. The smallest absolute Gasteiger partial charge is 0.191 e. The molecule has 0 fully saturated rings. The van der Waals surface area contributed by atoms with Gasteiger partial charge in [-0.2, -0.15) is 5.26 Å². The Bertz CT molecular complexity index is 764. The van der Waals surface area contributed by atoms with Crippen LogP contribution in [-0.2, 0) is 13.0 Å². The second kappa shape index (κ2) is 9.38. The van der Waals surface area contributed by atoms with E-state index in [0.29, 0.717) is 43.1 Å². The summed E-state index contributed by atoms with van der Waals surface area (Å²) in [4.78, 5) is 4.45. The molecule has 0 amide bonds. The fourth-order valence-electron chi connectivity index (χ4n) is 2.25. The van der Waals surface area contributed by atoms with Gasteiger partial charge in [0.1, 0.15) is 11.6 Å². The van der Waals surface area contributed by atoms with Gasteiger partial charge in [0.15, 0.2) is 5.96 Å². The first-order chi connectivity index (χ1) is 12.1. The molecule has 6 heteroatoms. The first-order valence-corrected chi connectivity index (χ1v) is 8.07. The summed E-state index contributed by atoms with van der Waals surface area (Å²) in [5.74, 6) is -0.260. The predicted octanol–water partition coefficient (Wildman–Crippen LogP) is 3.13. The highest BCUT2D eigenvalue weighted by molar-refractivity contribution is 5.79. The minimum absolute atomic E-state index is 0.329. The number of aliphatic imine (C=N–C) groups is 1.